The van der Waals surface area contributed by atoms with Gasteiger partial charge in [0.25, 0.3) is 0 Å². The van der Waals surface area contributed by atoms with Crippen LogP contribution in [0, 0.1) is 11.6 Å². The number of carbonyl (C=O) groups is 1. The largest absolute Gasteiger partial charge is 0.350 e. The van der Waals surface area contributed by atoms with Crippen molar-refractivity contribution in [2.75, 3.05) is 13.1 Å². The smallest absolute Gasteiger partial charge is 0.234 e. The lowest BCUT2D eigenvalue weighted by atomic mass is 9.98. The van der Waals surface area contributed by atoms with Gasteiger partial charge in [-0.25, -0.2) is 8.78 Å². The Morgan fingerprint density at radius 2 is 1.67 bits per heavy atom. The lowest BCUT2D eigenvalue weighted by molar-refractivity contribution is -0.123. The molecule has 1 amide bonds. The molecule has 0 spiro atoms. The van der Waals surface area contributed by atoms with Gasteiger partial charge in [-0.1, -0.05) is 66.7 Å². The summed E-state index contributed by atoms with van der Waals surface area (Å²) in [5.41, 5.74) is 3.43. The second-order valence-electron chi connectivity index (χ2n) is 9.24. The molecular formula is C30H29F2N3O. The molecule has 1 aliphatic rings. The molecule has 0 bridgehead atoms. The number of hydrogen-bond donors (Lipinski definition) is 1. The fourth-order valence-electron chi connectivity index (χ4n) is 5.10. The van der Waals surface area contributed by atoms with E-state index in [0.717, 1.165) is 35.9 Å². The summed E-state index contributed by atoms with van der Waals surface area (Å²) in [4.78, 5) is 15.4. The van der Waals surface area contributed by atoms with Crippen LogP contribution in [0.2, 0.25) is 0 Å². The standard InChI is InChI=1S/C30H29F2N3O/c31-24-14-15-25(26(32)20-24)30-28-13-7-16-34(28)17-8-18-35(30)21-29(36)33-27(23-11-5-2-6-12-23)19-22-9-3-1-4-10-22/h1-7,9-16,20,27,30H,8,17-19,21H2,(H,33,36). The SMILES string of the molecule is O=C(CN1CCCn2cccc2C1c1ccc(F)cc1F)NC(Cc1ccccc1)c1ccccc1. The highest BCUT2D eigenvalue weighted by atomic mass is 19.1. The highest BCUT2D eigenvalue weighted by molar-refractivity contribution is 5.78. The van der Waals surface area contributed by atoms with Gasteiger partial charge in [0.1, 0.15) is 11.6 Å². The second-order valence-corrected chi connectivity index (χ2v) is 9.24. The number of rotatable bonds is 7. The molecule has 6 heteroatoms. The molecule has 1 aliphatic heterocycles. The van der Waals surface area contributed by atoms with Gasteiger partial charge in [0.15, 0.2) is 0 Å². The van der Waals surface area contributed by atoms with E-state index in [4.69, 9.17) is 0 Å². The van der Waals surface area contributed by atoms with Crippen LogP contribution in [0.4, 0.5) is 8.78 Å². The molecule has 1 N–H and O–H groups in total. The topological polar surface area (TPSA) is 37.3 Å². The van der Waals surface area contributed by atoms with Crippen molar-refractivity contribution < 1.29 is 13.6 Å². The Hall–Kier alpha value is -3.77. The van der Waals surface area contributed by atoms with E-state index in [1.165, 1.54) is 12.1 Å². The Bertz CT molecular complexity index is 1310. The van der Waals surface area contributed by atoms with Crippen molar-refractivity contribution in [2.45, 2.75) is 31.5 Å². The Morgan fingerprint density at radius 3 is 2.42 bits per heavy atom. The zero-order valence-corrected chi connectivity index (χ0v) is 20.0. The van der Waals surface area contributed by atoms with Gasteiger partial charge in [0.05, 0.1) is 18.6 Å². The quantitative estimate of drug-likeness (QED) is 0.367. The van der Waals surface area contributed by atoms with Gasteiger partial charge in [-0.2, -0.15) is 0 Å². The van der Waals surface area contributed by atoms with E-state index in [-0.39, 0.29) is 18.5 Å². The van der Waals surface area contributed by atoms with Gasteiger partial charge >= 0.3 is 0 Å². The molecule has 5 rings (SSSR count). The number of benzene rings is 3. The minimum absolute atomic E-state index is 0.102. The van der Waals surface area contributed by atoms with Crippen molar-refractivity contribution in [3.8, 4) is 0 Å². The minimum Gasteiger partial charge on any atom is -0.350 e. The maximum absolute atomic E-state index is 15.0. The fourth-order valence-corrected chi connectivity index (χ4v) is 5.10. The molecular weight excluding hydrogens is 456 g/mol. The van der Waals surface area contributed by atoms with E-state index >= 15 is 0 Å². The first-order valence-electron chi connectivity index (χ1n) is 12.3. The lowest BCUT2D eigenvalue weighted by Gasteiger charge is -2.31. The predicted octanol–water partition coefficient (Wildman–Crippen LogP) is 5.66. The molecule has 4 aromatic rings. The normalized spacial score (nSPS) is 16.7. The van der Waals surface area contributed by atoms with Crippen molar-refractivity contribution in [3.63, 3.8) is 0 Å². The summed E-state index contributed by atoms with van der Waals surface area (Å²) in [6.45, 7) is 1.50. The third-order valence-electron chi connectivity index (χ3n) is 6.78. The summed E-state index contributed by atoms with van der Waals surface area (Å²) in [6, 6.07) is 26.9. The van der Waals surface area contributed by atoms with E-state index in [2.05, 4.69) is 22.0 Å². The van der Waals surface area contributed by atoms with Crippen LogP contribution >= 0.6 is 0 Å². The molecule has 0 fully saturated rings. The zero-order chi connectivity index (χ0) is 24.9. The van der Waals surface area contributed by atoms with Crippen molar-refractivity contribution >= 4 is 5.91 Å². The second kappa shape index (κ2) is 10.9. The van der Waals surface area contributed by atoms with Crippen molar-refractivity contribution in [2.24, 2.45) is 0 Å². The van der Waals surface area contributed by atoms with Gasteiger partial charge in [0, 0.05) is 36.6 Å². The highest BCUT2D eigenvalue weighted by Crippen LogP contribution is 2.33. The van der Waals surface area contributed by atoms with E-state index < -0.39 is 17.7 Å². The number of fused-ring (bicyclic) bond motifs is 1. The molecule has 184 valence electrons. The van der Waals surface area contributed by atoms with Crippen molar-refractivity contribution in [1.29, 1.82) is 0 Å². The molecule has 0 radical (unpaired) electrons. The summed E-state index contributed by atoms with van der Waals surface area (Å²) in [7, 11) is 0. The highest BCUT2D eigenvalue weighted by Gasteiger charge is 2.31. The van der Waals surface area contributed by atoms with E-state index in [1.807, 2.05) is 71.8 Å². The van der Waals surface area contributed by atoms with Crippen LogP contribution in [0.5, 0.6) is 0 Å². The number of carbonyl (C=O) groups excluding carboxylic acids is 1. The molecule has 0 saturated heterocycles. The summed E-state index contributed by atoms with van der Waals surface area (Å²) in [6.07, 6.45) is 3.45. The third kappa shape index (κ3) is 5.39. The molecule has 1 aromatic heterocycles. The van der Waals surface area contributed by atoms with Crippen LogP contribution in [0.3, 0.4) is 0 Å². The number of hydrogen-bond acceptors (Lipinski definition) is 2. The van der Waals surface area contributed by atoms with Crippen molar-refractivity contribution in [3.05, 3.63) is 131 Å². The Labute approximate surface area is 210 Å². The van der Waals surface area contributed by atoms with Crippen LogP contribution in [-0.2, 0) is 17.8 Å². The third-order valence-corrected chi connectivity index (χ3v) is 6.78. The molecule has 2 heterocycles. The van der Waals surface area contributed by atoms with Gasteiger partial charge in [-0.15, -0.1) is 0 Å². The maximum atomic E-state index is 15.0. The molecule has 0 aliphatic carbocycles. The van der Waals surface area contributed by atoms with Crippen molar-refractivity contribution in [1.82, 2.24) is 14.8 Å². The first kappa shape index (κ1) is 23.9. The Balaban J connectivity index is 1.41. The average Bonchev–Trinajstić information content (AvgIpc) is 3.27. The van der Waals surface area contributed by atoms with Crippen LogP contribution in [0.1, 0.15) is 40.9 Å². The van der Waals surface area contributed by atoms with Crippen LogP contribution in [-0.4, -0.2) is 28.5 Å². The number of nitrogens with one attached hydrogen (secondary N) is 1. The monoisotopic (exact) mass is 485 g/mol. The molecule has 0 saturated carbocycles. The fraction of sp³-hybridized carbons (Fsp3) is 0.233. The van der Waals surface area contributed by atoms with E-state index in [9.17, 15) is 13.6 Å². The molecule has 4 nitrogen and oxygen atoms in total. The maximum Gasteiger partial charge on any atom is 0.234 e. The molecule has 3 aromatic carbocycles. The Morgan fingerprint density at radius 1 is 0.917 bits per heavy atom. The summed E-state index contributed by atoms with van der Waals surface area (Å²) >= 11 is 0. The van der Waals surface area contributed by atoms with Crippen LogP contribution in [0.15, 0.2) is 97.2 Å². The summed E-state index contributed by atoms with van der Waals surface area (Å²) in [5.74, 6) is -1.35. The number of nitrogens with zero attached hydrogens (tertiary/aromatic N) is 2. The number of amides is 1. The van der Waals surface area contributed by atoms with E-state index in [1.54, 1.807) is 0 Å². The summed E-state index contributed by atoms with van der Waals surface area (Å²) in [5, 5.41) is 3.22. The predicted molar refractivity (Wildman–Crippen MR) is 136 cm³/mol. The Kier molecular flexibility index (Phi) is 7.23. The first-order valence-corrected chi connectivity index (χ1v) is 12.3. The molecule has 36 heavy (non-hydrogen) atoms. The van der Waals surface area contributed by atoms with Gasteiger partial charge < -0.3 is 9.88 Å². The number of aromatic nitrogens is 1. The van der Waals surface area contributed by atoms with Gasteiger partial charge in [0.2, 0.25) is 5.91 Å². The minimum atomic E-state index is -0.615. The average molecular weight is 486 g/mol. The molecule has 2 unspecified atom stereocenters. The van der Waals surface area contributed by atoms with E-state index in [0.29, 0.717) is 18.5 Å². The van der Waals surface area contributed by atoms with Gasteiger partial charge in [-0.3, -0.25) is 9.69 Å². The molecule has 2 atom stereocenters. The number of halogens is 2. The van der Waals surface area contributed by atoms with Crippen LogP contribution in [0.25, 0.3) is 0 Å². The summed E-state index contributed by atoms with van der Waals surface area (Å²) < 4.78 is 30.8. The lowest BCUT2D eigenvalue weighted by Crippen LogP contribution is -2.41. The zero-order valence-electron chi connectivity index (χ0n) is 20.0. The first-order chi connectivity index (χ1) is 17.6. The number of aryl methyl sites for hydroxylation is 1. The van der Waals surface area contributed by atoms with Gasteiger partial charge in [-0.05, 0) is 42.2 Å². The van der Waals surface area contributed by atoms with Crippen LogP contribution < -0.4 is 5.32 Å².